The largest absolute Gasteiger partial charge is 0.494 e. The minimum Gasteiger partial charge on any atom is -0.494 e. The van der Waals surface area contributed by atoms with Gasteiger partial charge in [0.25, 0.3) is 0 Å². The summed E-state index contributed by atoms with van der Waals surface area (Å²) in [7, 11) is 0. The van der Waals surface area contributed by atoms with Crippen molar-refractivity contribution in [3.8, 4) is 5.75 Å². The standard InChI is InChI=1S/C23H22N2O2/c26-22(18-10-3-1-4-11-18)23-24-20-14-7-8-15-21(20)25(23)16-9-17-27-19-12-5-2-6-13-19/h1-8,10-15,22,26H,9,16-17H2/t22-/m1/s1. The van der Waals surface area contributed by atoms with Crippen molar-refractivity contribution in [1.82, 2.24) is 9.55 Å². The molecule has 0 amide bonds. The van der Waals surface area contributed by atoms with Crippen LogP contribution in [0.2, 0.25) is 0 Å². The highest BCUT2D eigenvalue weighted by atomic mass is 16.5. The van der Waals surface area contributed by atoms with E-state index in [0.29, 0.717) is 12.4 Å². The Balaban J connectivity index is 1.55. The molecular formula is C23H22N2O2. The van der Waals surface area contributed by atoms with Crippen LogP contribution in [0.15, 0.2) is 84.9 Å². The van der Waals surface area contributed by atoms with Gasteiger partial charge in [0.1, 0.15) is 17.7 Å². The zero-order chi connectivity index (χ0) is 18.5. The van der Waals surface area contributed by atoms with Crippen LogP contribution in [0.1, 0.15) is 23.9 Å². The molecule has 4 aromatic rings. The van der Waals surface area contributed by atoms with Gasteiger partial charge in [-0.1, -0.05) is 60.7 Å². The Labute approximate surface area is 158 Å². The average Bonchev–Trinajstić information content (AvgIpc) is 3.11. The fourth-order valence-corrected chi connectivity index (χ4v) is 3.25. The lowest BCUT2D eigenvalue weighted by Gasteiger charge is -2.14. The maximum atomic E-state index is 10.9. The zero-order valence-corrected chi connectivity index (χ0v) is 15.0. The molecule has 4 rings (SSSR count). The van der Waals surface area contributed by atoms with Gasteiger partial charge in [-0.15, -0.1) is 0 Å². The number of ether oxygens (including phenoxy) is 1. The summed E-state index contributed by atoms with van der Waals surface area (Å²) >= 11 is 0. The highest BCUT2D eigenvalue weighted by Gasteiger charge is 2.19. The van der Waals surface area contributed by atoms with Gasteiger partial charge in [0, 0.05) is 6.54 Å². The fraction of sp³-hybridized carbons (Fsp3) is 0.174. The molecule has 4 nitrogen and oxygen atoms in total. The van der Waals surface area contributed by atoms with Gasteiger partial charge in [-0.2, -0.15) is 0 Å². The maximum Gasteiger partial charge on any atom is 0.143 e. The molecule has 0 aliphatic carbocycles. The quantitative estimate of drug-likeness (QED) is 0.492. The molecule has 0 aliphatic rings. The second kappa shape index (κ2) is 8.06. The van der Waals surface area contributed by atoms with E-state index >= 15 is 0 Å². The zero-order valence-electron chi connectivity index (χ0n) is 15.0. The number of aromatic nitrogens is 2. The van der Waals surface area contributed by atoms with E-state index in [4.69, 9.17) is 9.72 Å². The molecular weight excluding hydrogens is 336 g/mol. The Hall–Kier alpha value is -3.11. The lowest BCUT2D eigenvalue weighted by molar-refractivity contribution is 0.203. The molecule has 0 fully saturated rings. The number of hydrogen-bond acceptors (Lipinski definition) is 3. The third kappa shape index (κ3) is 3.86. The van der Waals surface area contributed by atoms with E-state index in [1.54, 1.807) is 0 Å². The summed E-state index contributed by atoms with van der Waals surface area (Å²) in [5.41, 5.74) is 2.77. The maximum absolute atomic E-state index is 10.9. The number of para-hydroxylation sites is 3. The molecule has 0 bridgehead atoms. The van der Waals surface area contributed by atoms with E-state index in [-0.39, 0.29) is 0 Å². The van der Waals surface area contributed by atoms with Crippen molar-refractivity contribution in [3.05, 3.63) is 96.3 Å². The van der Waals surface area contributed by atoms with E-state index < -0.39 is 6.10 Å². The first-order chi connectivity index (χ1) is 13.3. The summed E-state index contributed by atoms with van der Waals surface area (Å²) in [5, 5.41) is 10.9. The van der Waals surface area contributed by atoms with Crippen LogP contribution in [0, 0.1) is 0 Å². The van der Waals surface area contributed by atoms with Crippen LogP contribution in [0.4, 0.5) is 0 Å². The molecule has 1 N–H and O–H groups in total. The first-order valence-electron chi connectivity index (χ1n) is 9.19. The Morgan fingerprint density at radius 1 is 0.852 bits per heavy atom. The van der Waals surface area contributed by atoms with Gasteiger partial charge in [0.2, 0.25) is 0 Å². The van der Waals surface area contributed by atoms with Gasteiger partial charge in [0.05, 0.1) is 17.6 Å². The molecule has 0 radical (unpaired) electrons. The SMILES string of the molecule is O[C@H](c1ccccc1)c1nc2ccccc2n1CCCOc1ccccc1. The molecule has 0 saturated carbocycles. The average molecular weight is 358 g/mol. The van der Waals surface area contributed by atoms with Crippen LogP contribution in [-0.4, -0.2) is 21.3 Å². The summed E-state index contributed by atoms with van der Waals surface area (Å²) in [6, 6.07) is 27.5. The number of fused-ring (bicyclic) bond motifs is 1. The summed E-state index contributed by atoms with van der Waals surface area (Å²) in [6.45, 7) is 1.34. The normalized spacial score (nSPS) is 12.2. The number of hydrogen-bond donors (Lipinski definition) is 1. The molecule has 1 aromatic heterocycles. The highest BCUT2D eigenvalue weighted by molar-refractivity contribution is 5.76. The van der Waals surface area contributed by atoms with Gasteiger partial charge in [-0.25, -0.2) is 4.98 Å². The van der Waals surface area contributed by atoms with Crippen LogP contribution in [0.25, 0.3) is 11.0 Å². The minimum atomic E-state index is -0.756. The van der Waals surface area contributed by atoms with Gasteiger partial charge in [-0.05, 0) is 36.2 Å². The number of benzene rings is 3. The molecule has 3 aromatic carbocycles. The van der Waals surface area contributed by atoms with Gasteiger partial charge >= 0.3 is 0 Å². The molecule has 136 valence electrons. The first kappa shape index (κ1) is 17.3. The molecule has 0 aliphatic heterocycles. The van der Waals surface area contributed by atoms with Crippen molar-refractivity contribution in [2.24, 2.45) is 0 Å². The Kier molecular flexibility index (Phi) is 5.17. The molecule has 27 heavy (non-hydrogen) atoms. The minimum absolute atomic E-state index is 0.609. The molecule has 1 atom stereocenters. The van der Waals surface area contributed by atoms with Gasteiger partial charge in [0.15, 0.2) is 0 Å². The van der Waals surface area contributed by atoms with Crippen molar-refractivity contribution in [1.29, 1.82) is 0 Å². The number of nitrogens with zero attached hydrogens (tertiary/aromatic N) is 2. The summed E-state index contributed by atoms with van der Waals surface area (Å²) in [5.74, 6) is 1.54. The van der Waals surface area contributed by atoms with Crippen LogP contribution >= 0.6 is 0 Å². The molecule has 4 heteroatoms. The van der Waals surface area contributed by atoms with E-state index in [1.165, 1.54) is 0 Å². The predicted octanol–water partition coefficient (Wildman–Crippen LogP) is 4.59. The van der Waals surface area contributed by atoms with E-state index in [9.17, 15) is 5.11 Å². The Morgan fingerprint density at radius 2 is 1.52 bits per heavy atom. The lowest BCUT2D eigenvalue weighted by Crippen LogP contribution is -2.12. The highest BCUT2D eigenvalue weighted by Crippen LogP contribution is 2.26. The number of aliphatic hydroxyl groups is 1. The van der Waals surface area contributed by atoms with E-state index in [2.05, 4.69) is 4.57 Å². The smallest absolute Gasteiger partial charge is 0.143 e. The molecule has 1 heterocycles. The second-order valence-electron chi connectivity index (χ2n) is 6.44. The number of rotatable bonds is 7. The van der Waals surface area contributed by atoms with Gasteiger partial charge in [-0.3, -0.25) is 0 Å². The molecule has 0 unspecified atom stereocenters. The van der Waals surface area contributed by atoms with E-state index in [0.717, 1.165) is 35.3 Å². The van der Waals surface area contributed by atoms with Crippen molar-refractivity contribution >= 4 is 11.0 Å². The van der Waals surface area contributed by atoms with Gasteiger partial charge < -0.3 is 14.4 Å². The first-order valence-corrected chi connectivity index (χ1v) is 9.19. The Morgan fingerprint density at radius 3 is 2.30 bits per heavy atom. The molecule has 0 spiro atoms. The third-order valence-electron chi connectivity index (χ3n) is 4.58. The van der Waals surface area contributed by atoms with Crippen LogP contribution < -0.4 is 4.74 Å². The summed E-state index contributed by atoms with van der Waals surface area (Å²) in [4.78, 5) is 4.70. The number of imidazole rings is 1. The van der Waals surface area contributed by atoms with Crippen LogP contribution in [0.5, 0.6) is 5.75 Å². The van der Waals surface area contributed by atoms with E-state index in [1.807, 2.05) is 84.9 Å². The van der Waals surface area contributed by atoms with Crippen molar-refractivity contribution in [3.63, 3.8) is 0 Å². The molecule has 0 saturated heterocycles. The predicted molar refractivity (Wildman–Crippen MR) is 107 cm³/mol. The number of aryl methyl sites for hydroxylation is 1. The third-order valence-corrected chi connectivity index (χ3v) is 4.58. The summed E-state index contributed by atoms with van der Waals surface area (Å²) in [6.07, 6.45) is 0.0673. The van der Waals surface area contributed by atoms with Crippen molar-refractivity contribution in [2.75, 3.05) is 6.61 Å². The Bertz CT molecular complexity index is 997. The number of aliphatic hydroxyl groups excluding tert-OH is 1. The lowest BCUT2D eigenvalue weighted by atomic mass is 10.1. The van der Waals surface area contributed by atoms with Crippen LogP contribution in [-0.2, 0) is 6.54 Å². The second-order valence-corrected chi connectivity index (χ2v) is 6.44. The fourth-order valence-electron chi connectivity index (χ4n) is 3.25. The van der Waals surface area contributed by atoms with Crippen LogP contribution in [0.3, 0.4) is 0 Å². The monoisotopic (exact) mass is 358 g/mol. The van der Waals surface area contributed by atoms with Crippen molar-refractivity contribution < 1.29 is 9.84 Å². The topological polar surface area (TPSA) is 47.3 Å². The van der Waals surface area contributed by atoms with Crippen molar-refractivity contribution in [2.45, 2.75) is 19.1 Å². The summed E-state index contributed by atoms with van der Waals surface area (Å²) < 4.78 is 7.90.